The molecule has 0 bridgehead atoms. The largest absolute Gasteiger partial charge is 0.494 e. The van der Waals surface area contributed by atoms with E-state index in [9.17, 15) is 4.79 Å². The number of carbonyl (C=O) groups is 1. The van der Waals surface area contributed by atoms with Crippen LogP contribution in [0.25, 0.3) is 11.3 Å². The second-order valence-corrected chi connectivity index (χ2v) is 8.74. The second-order valence-electron chi connectivity index (χ2n) is 7.68. The van der Waals surface area contributed by atoms with E-state index in [-0.39, 0.29) is 5.91 Å². The van der Waals surface area contributed by atoms with Gasteiger partial charge in [0, 0.05) is 23.8 Å². The Balaban J connectivity index is 1.76. The molecule has 0 aliphatic carbocycles. The van der Waals surface area contributed by atoms with Crippen molar-refractivity contribution in [2.24, 2.45) is 0 Å². The SMILES string of the molecule is CCCCCSc1nnc2c(n1)O[C@@H](c1ccc(OCC)cc1)N(C(C)=O)c1ccccc1-2. The van der Waals surface area contributed by atoms with Crippen LogP contribution in [-0.2, 0) is 4.79 Å². The van der Waals surface area contributed by atoms with E-state index in [0.29, 0.717) is 29.0 Å². The Kier molecular flexibility index (Phi) is 7.44. The van der Waals surface area contributed by atoms with E-state index in [4.69, 9.17) is 14.5 Å². The van der Waals surface area contributed by atoms with Crippen LogP contribution in [0.1, 0.15) is 51.8 Å². The van der Waals surface area contributed by atoms with E-state index >= 15 is 0 Å². The maximum Gasteiger partial charge on any atom is 0.247 e. The highest BCUT2D eigenvalue weighted by atomic mass is 32.2. The van der Waals surface area contributed by atoms with Gasteiger partial charge in [-0.25, -0.2) is 0 Å². The van der Waals surface area contributed by atoms with Crippen molar-refractivity contribution in [2.45, 2.75) is 51.4 Å². The third kappa shape index (κ3) is 5.11. The van der Waals surface area contributed by atoms with Gasteiger partial charge in [0.2, 0.25) is 23.2 Å². The fraction of sp³-hybridized carbons (Fsp3) is 0.360. The third-order valence-electron chi connectivity index (χ3n) is 5.31. The van der Waals surface area contributed by atoms with Crippen LogP contribution in [-0.4, -0.2) is 33.4 Å². The summed E-state index contributed by atoms with van der Waals surface area (Å²) in [6.45, 7) is 6.24. The topological polar surface area (TPSA) is 77.4 Å². The standard InChI is InChI=1S/C25H28N4O3S/c1-4-6-9-16-33-25-26-23-22(27-28-25)20-10-7-8-11-21(20)29(17(3)30)24(32-23)18-12-14-19(15-13-18)31-5-2/h7-8,10-15,24H,4-6,9,16H2,1-3H3/t24-/m0/s1. The fourth-order valence-corrected chi connectivity index (χ4v) is 4.52. The van der Waals surface area contributed by atoms with Crippen molar-refractivity contribution in [1.29, 1.82) is 0 Å². The maximum absolute atomic E-state index is 12.8. The minimum absolute atomic E-state index is 0.142. The molecule has 1 aromatic heterocycles. The van der Waals surface area contributed by atoms with Crippen molar-refractivity contribution in [3.05, 3.63) is 54.1 Å². The zero-order chi connectivity index (χ0) is 23.2. The number of para-hydroxylation sites is 1. The Morgan fingerprint density at radius 1 is 1.09 bits per heavy atom. The monoisotopic (exact) mass is 464 g/mol. The summed E-state index contributed by atoms with van der Waals surface area (Å²) < 4.78 is 12.0. The Labute approximate surface area is 198 Å². The number of fused-ring (bicyclic) bond motifs is 3. The first kappa shape index (κ1) is 23.0. The molecule has 0 saturated heterocycles. The number of unbranched alkanes of at least 4 members (excludes halogenated alkanes) is 2. The molecule has 7 nitrogen and oxygen atoms in total. The predicted molar refractivity (Wildman–Crippen MR) is 130 cm³/mol. The van der Waals surface area contributed by atoms with Crippen LogP contribution in [0, 0.1) is 0 Å². The number of nitrogens with zero attached hydrogens (tertiary/aromatic N) is 4. The molecule has 3 aromatic rings. The number of amides is 1. The Morgan fingerprint density at radius 3 is 2.61 bits per heavy atom. The van der Waals surface area contributed by atoms with Gasteiger partial charge in [0.25, 0.3) is 0 Å². The van der Waals surface area contributed by atoms with E-state index in [1.807, 2.05) is 55.5 Å². The van der Waals surface area contributed by atoms with Crippen LogP contribution in [0.4, 0.5) is 5.69 Å². The summed E-state index contributed by atoms with van der Waals surface area (Å²) in [7, 11) is 0. The van der Waals surface area contributed by atoms with Crippen LogP contribution >= 0.6 is 11.8 Å². The molecule has 1 amide bonds. The number of benzene rings is 2. The molecule has 1 aliphatic heterocycles. The smallest absolute Gasteiger partial charge is 0.247 e. The van der Waals surface area contributed by atoms with E-state index < -0.39 is 6.23 Å². The number of aromatic nitrogens is 3. The fourth-order valence-electron chi connectivity index (χ4n) is 3.74. The molecular weight excluding hydrogens is 436 g/mol. The van der Waals surface area contributed by atoms with Gasteiger partial charge >= 0.3 is 0 Å². The average molecular weight is 465 g/mol. The number of ether oxygens (including phenoxy) is 2. The number of anilines is 1. The molecule has 0 fully saturated rings. The summed E-state index contributed by atoms with van der Waals surface area (Å²) in [6, 6.07) is 15.2. The lowest BCUT2D eigenvalue weighted by molar-refractivity contribution is -0.118. The predicted octanol–water partition coefficient (Wildman–Crippen LogP) is 5.66. The van der Waals surface area contributed by atoms with E-state index in [1.54, 1.807) is 16.7 Å². The van der Waals surface area contributed by atoms with E-state index in [1.165, 1.54) is 13.3 Å². The minimum Gasteiger partial charge on any atom is -0.494 e. The van der Waals surface area contributed by atoms with Crippen LogP contribution in [0.15, 0.2) is 53.7 Å². The van der Waals surface area contributed by atoms with Gasteiger partial charge in [0.1, 0.15) is 5.75 Å². The molecule has 172 valence electrons. The lowest BCUT2D eigenvalue weighted by Crippen LogP contribution is -2.36. The summed E-state index contributed by atoms with van der Waals surface area (Å²) in [5, 5.41) is 9.37. The summed E-state index contributed by atoms with van der Waals surface area (Å²) >= 11 is 1.57. The van der Waals surface area contributed by atoms with Crippen LogP contribution in [0.5, 0.6) is 11.6 Å². The van der Waals surface area contributed by atoms with Gasteiger partial charge in [-0.05, 0) is 43.7 Å². The highest BCUT2D eigenvalue weighted by molar-refractivity contribution is 7.99. The summed E-state index contributed by atoms with van der Waals surface area (Å²) in [5.41, 5.74) is 2.82. The van der Waals surface area contributed by atoms with Crippen molar-refractivity contribution in [2.75, 3.05) is 17.3 Å². The zero-order valence-corrected chi connectivity index (χ0v) is 20.0. The van der Waals surface area contributed by atoms with Crippen molar-refractivity contribution in [3.63, 3.8) is 0 Å². The summed E-state index contributed by atoms with van der Waals surface area (Å²) in [5.74, 6) is 1.92. The van der Waals surface area contributed by atoms with E-state index in [2.05, 4.69) is 17.1 Å². The Morgan fingerprint density at radius 2 is 1.88 bits per heavy atom. The van der Waals surface area contributed by atoms with Gasteiger partial charge < -0.3 is 9.47 Å². The minimum atomic E-state index is -0.699. The Hall–Kier alpha value is -3.13. The van der Waals surface area contributed by atoms with Gasteiger partial charge in [-0.15, -0.1) is 10.2 Å². The molecule has 1 aliphatic rings. The molecule has 0 spiro atoms. The Bertz CT molecular complexity index is 1110. The zero-order valence-electron chi connectivity index (χ0n) is 19.2. The molecule has 0 unspecified atom stereocenters. The second kappa shape index (κ2) is 10.7. The van der Waals surface area contributed by atoms with Gasteiger partial charge in [-0.1, -0.05) is 49.7 Å². The maximum atomic E-state index is 12.8. The lowest BCUT2D eigenvalue weighted by Gasteiger charge is -2.30. The van der Waals surface area contributed by atoms with Crippen LogP contribution < -0.4 is 14.4 Å². The first-order valence-corrected chi connectivity index (χ1v) is 12.3. The number of thioether (sulfide) groups is 1. The number of rotatable bonds is 8. The molecule has 4 rings (SSSR count). The molecule has 0 saturated carbocycles. The summed E-state index contributed by atoms with van der Waals surface area (Å²) in [4.78, 5) is 19.2. The van der Waals surface area contributed by atoms with Gasteiger partial charge in [0.05, 0.1) is 12.3 Å². The molecular formula is C25H28N4O3S. The molecule has 2 aromatic carbocycles. The van der Waals surface area contributed by atoms with Gasteiger partial charge in [-0.3, -0.25) is 9.69 Å². The molecule has 1 atom stereocenters. The molecule has 2 heterocycles. The van der Waals surface area contributed by atoms with E-state index in [0.717, 1.165) is 35.5 Å². The average Bonchev–Trinajstić information content (AvgIpc) is 2.97. The third-order valence-corrected chi connectivity index (χ3v) is 6.23. The quantitative estimate of drug-likeness (QED) is 0.314. The normalized spacial score (nSPS) is 14.6. The first-order chi connectivity index (χ1) is 16.1. The lowest BCUT2D eigenvalue weighted by atomic mass is 10.1. The van der Waals surface area contributed by atoms with Crippen molar-refractivity contribution in [3.8, 4) is 22.9 Å². The summed E-state index contributed by atoms with van der Waals surface area (Å²) in [6.07, 6.45) is 2.73. The van der Waals surface area contributed by atoms with Crippen molar-refractivity contribution >= 4 is 23.4 Å². The molecule has 0 N–H and O–H groups in total. The number of hydrogen-bond donors (Lipinski definition) is 0. The van der Waals surface area contributed by atoms with Gasteiger partial charge in [-0.2, -0.15) is 4.98 Å². The van der Waals surface area contributed by atoms with Crippen molar-refractivity contribution < 1.29 is 14.3 Å². The molecule has 8 heteroatoms. The van der Waals surface area contributed by atoms with Gasteiger partial charge in [0.15, 0.2) is 5.69 Å². The van der Waals surface area contributed by atoms with Crippen LogP contribution in [0.2, 0.25) is 0 Å². The highest BCUT2D eigenvalue weighted by Gasteiger charge is 2.34. The van der Waals surface area contributed by atoms with Crippen LogP contribution in [0.3, 0.4) is 0 Å². The van der Waals surface area contributed by atoms with Crippen molar-refractivity contribution in [1.82, 2.24) is 15.2 Å². The molecule has 33 heavy (non-hydrogen) atoms. The highest BCUT2D eigenvalue weighted by Crippen LogP contribution is 2.43. The number of carbonyl (C=O) groups excluding carboxylic acids is 1. The molecule has 0 radical (unpaired) electrons. The number of hydrogen-bond acceptors (Lipinski definition) is 7. The first-order valence-electron chi connectivity index (χ1n) is 11.3.